The predicted octanol–water partition coefficient (Wildman–Crippen LogP) is 1.92. The van der Waals surface area contributed by atoms with Crippen LogP contribution in [0.2, 0.25) is 0 Å². The predicted molar refractivity (Wildman–Crippen MR) is 71.6 cm³/mol. The van der Waals surface area contributed by atoms with Crippen LogP contribution in [0.25, 0.3) is 0 Å². The molecule has 106 valence electrons. The molecule has 0 amide bonds. The van der Waals surface area contributed by atoms with Gasteiger partial charge in [0.05, 0.1) is 23.8 Å². The van der Waals surface area contributed by atoms with Gasteiger partial charge in [0.2, 0.25) is 0 Å². The lowest BCUT2D eigenvalue weighted by Crippen LogP contribution is -2.21. The molecule has 1 aromatic carbocycles. The van der Waals surface area contributed by atoms with Crippen LogP contribution in [0.1, 0.15) is 6.92 Å². The number of nitrogens with zero attached hydrogens (tertiary/aromatic N) is 1. The molecule has 1 rings (SSSR count). The standard InChI is InChI=1S/C11H15FN2O4S/c1-7(19(3)17)6-13-9-5-11(18-2)10(14(15)16)4-8(9)12/h4-5,7,13H,6H2,1-3H3. The number of rotatable bonds is 6. The molecule has 0 aliphatic heterocycles. The lowest BCUT2D eigenvalue weighted by atomic mass is 10.2. The van der Waals surface area contributed by atoms with E-state index in [4.69, 9.17) is 4.74 Å². The van der Waals surface area contributed by atoms with Crippen LogP contribution in [0.4, 0.5) is 15.8 Å². The maximum Gasteiger partial charge on any atom is 0.313 e. The lowest BCUT2D eigenvalue weighted by Gasteiger charge is -2.12. The SMILES string of the molecule is COc1cc(NCC(C)S(C)=O)c(F)cc1[N+](=O)[O-]. The Morgan fingerprint density at radius 3 is 2.68 bits per heavy atom. The molecule has 1 aromatic rings. The third-order valence-electron chi connectivity index (χ3n) is 2.61. The summed E-state index contributed by atoms with van der Waals surface area (Å²) in [6.07, 6.45) is 1.55. The van der Waals surface area contributed by atoms with Crippen molar-refractivity contribution in [1.82, 2.24) is 0 Å². The van der Waals surface area contributed by atoms with Crippen molar-refractivity contribution in [2.45, 2.75) is 12.2 Å². The second kappa shape index (κ2) is 6.46. The monoisotopic (exact) mass is 290 g/mol. The molecule has 0 bridgehead atoms. The summed E-state index contributed by atoms with van der Waals surface area (Å²) in [5, 5.41) is 13.3. The van der Waals surface area contributed by atoms with Crippen molar-refractivity contribution in [2.24, 2.45) is 0 Å². The number of nitro benzene ring substituents is 1. The van der Waals surface area contributed by atoms with E-state index in [0.717, 1.165) is 6.07 Å². The number of hydrogen-bond donors (Lipinski definition) is 1. The van der Waals surface area contributed by atoms with Gasteiger partial charge in [-0.2, -0.15) is 0 Å². The minimum absolute atomic E-state index is 0.0285. The zero-order valence-corrected chi connectivity index (χ0v) is 11.6. The first-order valence-electron chi connectivity index (χ1n) is 5.44. The minimum Gasteiger partial charge on any atom is -0.490 e. The van der Waals surface area contributed by atoms with E-state index in [-0.39, 0.29) is 16.7 Å². The van der Waals surface area contributed by atoms with Gasteiger partial charge >= 0.3 is 5.69 Å². The van der Waals surface area contributed by atoms with Crippen LogP contribution < -0.4 is 10.1 Å². The van der Waals surface area contributed by atoms with E-state index in [1.54, 1.807) is 13.2 Å². The molecule has 0 aliphatic carbocycles. The van der Waals surface area contributed by atoms with Gasteiger partial charge in [-0.3, -0.25) is 14.3 Å². The Bertz CT molecular complexity index is 510. The summed E-state index contributed by atoms with van der Waals surface area (Å²) in [6.45, 7) is 2.05. The third-order valence-corrected chi connectivity index (χ3v) is 3.91. The highest BCUT2D eigenvalue weighted by Gasteiger charge is 2.19. The molecule has 0 spiro atoms. The zero-order chi connectivity index (χ0) is 14.6. The molecular weight excluding hydrogens is 275 g/mol. The highest BCUT2D eigenvalue weighted by molar-refractivity contribution is 7.84. The molecule has 2 unspecified atom stereocenters. The number of ether oxygens (including phenoxy) is 1. The summed E-state index contributed by atoms with van der Waals surface area (Å²) in [4.78, 5) is 9.98. The average Bonchev–Trinajstić information content (AvgIpc) is 2.36. The van der Waals surface area contributed by atoms with Crippen LogP contribution in [0, 0.1) is 15.9 Å². The van der Waals surface area contributed by atoms with E-state index < -0.39 is 27.2 Å². The highest BCUT2D eigenvalue weighted by Crippen LogP contribution is 2.32. The van der Waals surface area contributed by atoms with Crippen molar-refractivity contribution in [2.75, 3.05) is 25.2 Å². The second-order valence-corrected chi connectivity index (χ2v) is 5.75. The van der Waals surface area contributed by atoms with Crippen LogP contribution in [0.5, 0.6) is 5.75 Å². The minimum atomic E-state index is -1.03. The molecular formula is C11H15FN2O4S. The zero-order valence-electron chi connectivity index (χ0n) is 10.8. The van der Waals surface area contributed by atoms with Gasteiger partial charge in [-0.1, -0.05) is 0 Å². The van der Waals surface area contributed by atoms with Gasteiger partial charge < -0.3 is 10.1 Å². The Balaban J connectivity index is 2.97. The first-order valence-corrected chi connectivity index (χ1v) is 7.07. The maximum atomic E-state index is 13.7. The normalized spacial score (nSPS) is 13.7. The molecule has 0 aliphatic rings. The molecule has 19 heavy (non-hydrogen) atoms. The fraction of sp³-hybridized carbons (Fsp3) is 0.455. The van der Waals surface area contributed by atoms with E-state index in [1.165, 1.54) is 13.2 Å². The Morgan fingerprint density at radius 2 is 2.21 bits per heavy atom. The average molecular weight is 290 g/mol. The summed E-state index contributed by atoms with van der Waals surface area (Å²) < 4.78 is 29.7. The second-order valence-electron chi connectivity index (χ2n) is 3.95. The number of nitrogens with one attached hydrogen (secondary N) is 1. The van der Waals surface area contributed by atoms with Crippen molar-refractivity contribution in [3.63, 3.8) is 0 Å². The van der Waals surface area contributed by atoms with Gasteiger partial charge in [0.1, 0.15) is 0 Å². The van der Waals surface area contributed by atoms with Gasteiger partial charge in [-0.25, -0.2) is 4.39 Å². The van der Waals surface area contributed by atoms with Crippen LogP contribution in [0.15, 0.2) is 12.1 Å². The molecule has 0 saturated carbocycles. The van der Waals surface area contributed by atoms with Gasteiger partial charge in [0, 0.05) is 34.9 Å². The van der Waals surface area contributed by atoms with Crippen molar-refractivity contribution in [3.05, 3.63) is 28.1 Å². The van der Waals surface area contributed by atoms with Gasteiger partial charge in [-0.05, 0) is 6.92 Å². The Labute approximate surface area is 112 Å². The van der Waals surface area contributed by atoms with E-state index in [0.29, 0.717) is 6.54 Å². The molecule has 0 fully saturated rings. The summed E-state index contributed by atoms with van der Waals surface area (Å²) in [7, 11) is 0.238. The number of halogens is 1. The molecule has 0 saturated heterocycles. The molecule has 0 heterocycles. The topological polar surface area (TPSA) is 81.5 Å². The fourth-order valence-corrected chi connectivity index (χ4v) is 1.67. The van der Waals surface area contributed by atoms with Crippen molar-refractivity contribution in [1.29, 1.82) is 0 Å². The van der Waals surface area contributed by atoms with Crippen molar-refractivity contribution in [3.8, 4) is 5.75 Å². The van der Waals surface area contributed by atoms with E-state index in [9.17, 15) is 18.7 Å². The fourth-order valence-electron chi connectivity index (χ4n) is 1.36. The molecule has 2 atom stereocenters. The Kier molecular flexibility index (Phi) is 5.22. The van der Waals surface area contributed by atoms with Gasteiger partial charge in [0.25, 0.3) is 0 Å². The van der Waals surface area contributed by atoms with Crippen LogP contribution >= 0.6 is 0 Å². The number of benzene rings is 1. The van der Waals surface area contributed by atoms with Crippen LogP contribution in [-0.4, -0.2) is 34.3 Å². The highest BCUT2D eigenvalue weighted by atomic mass is 32.2. The first kappa shape index (κ1) is 15.4. The van der Waals surface area contributed by atoms with Crippen LogP contribution in [-0.2, 0) is 10.8 Å². The number of hydrogen-bond acceptors (Lipinski definition) is 5. The number of methoxy groups -OCH3 is 1. The first-order chi connectivity index (χ1) is 8.86. The molecule has 0 radical (unpaired) electrons. The summed E-state index contributed by atoms with van der Waals surface area (Å²) in [5.74, 6) is -0.777. The summed E-state index contributed by atoms with van der Waals surface area (Å²) in [5.41, 5.74) is -0.350. The number of anilines is 1. The van der Waals surface area contributed by atoms with E-state index in [1.807, 2.05) is 0 Å². The van der Waals surface area contributed by atoms with E-state index in [2.05, 4.69) is 5.32 Å². The van der Waals surface area contributed by atoms with Crippen molar-refractivity contribution < 1.29 is 18.3 Å². The molecule has 0 aromatic heterocycles. The number of nitro groups is 1. The smallest absolute Gasteiger partial charge is 0.313 e. The Hall–Kier alpha value is -1.70. The largest absolute Gasteiger partial charge is 0.490 e. The maximum absolute atomic E-state index is 13.7. The Morgan fingerprint density at radius 1 is 1.58 bits per heavy atom. The lowest BCUT2D eigenvalue weighted by molar-refractivity contribution is -0.385. The molecule has 6 nitrogen and oxygen atoms in total. The molecule has 1 N–H and O–H groups in total. The third kappa shape index (κ3) is 3.88. The van der Waals surface area contributed by atoms with E-state index >= 15 is 0 Å². The van der Waals surface area contributed by atoms with Gasteiger partial charge in [0.15, 0.2) is 11.6 Å². The quantitative estimate of drug-likeness (QED) is 0.639. The van der Waals surface area contributed by atoms with Crippen molar-refractivity contribution >= 4 is 22.2 Å². The summed E-state index contributed by atoms with van der Waals surface area (Å²) in [6, 6.07) is 2.02. The van der Waals surface area contributed by atoms with Crippen LogP contribution in [0.3, 0.4) is 0 Å². The summed E-state index contributed by atoms with van der Waals surface area (Å²) >= 11 is 0. The molecule has 8 heteroatoms. The van der Waals surface area contributed by atoms with Gasteiger partial charge in [-0.15, -0.1) is 0 Å².